The van der Waals surface area contributed by atoms with E-state index in [0.29, 0.717) is 0 Å². The van der Waals surface area contributed by atoms with Gasteiger partial charge in [0.25, 0.3) is 0 Å². The summed E-state index contributed by atoms with van der Waals surface area (Å²) in [4.78, 5) is 23.0. The normalized spacial score (nSPS) is 12.8. The largest absolute Gasteiger partial charge is 0.405 e. The van der Waals surface area contributed by atoms with Gasteiger partial charge in [-0.05, 0) is 23.5 Å². The van der Waals surface area contributed by atoms with Gasteiger partial charge in [-0.2, -0.15) is 13.2 Å². The number of hydrogen-bond acceptors (Lipinski definition) is 3. The molecule has 0 fully saturated rings. The molecule has 0 aliphatic rings. The number of benzene rings is 1. The number of imide groups is 1. The van der Waals surface area contributed by atoms with E-state index in [1.54, 1.807) is 5.32 Å². The lowest BCUT2D eigenvalue weighted by molar-refractivity contribution is -0.124. The van der Waals surface area contributed by atoms with Gasteiger partial charge in [0, 0.05) is 6.04 Å². The zero-order valence-electron chi connectivity index (χ0n) is 14.5. The number of carbonyl (C=O) groups is 2. The summed E-state index contributed by atoms with van der Waals surface area (Å²) >= 11 is 0. The highest BCUT2D eigenvalue weighted by Crippen LogP contribution is 2.22. The third-order valence-electron chi connectivity index (χ3n) is 3.60. The zero-order chi connectivity index (χ0) is 19.0. The average molecular weight is 359 g/mol. The number of alkyl halides is 3. The molecule has 0 aromatic heterocycles. The van der Waals surface area contributed by atoms with Crippen LogP contribution in [0, 0.1) is 5.92 Å². The third-order valence-corrected chi connectivity index (χ3v) is 3.60. The van der Waals surface area contributed by atoms with Gasteiger partial charge in [-0.3, -0.25) is 10.1 Å². The fourth-order valence-electron chi connectivity index (χ4n) is 2.30. The molecule has 0 saturated heterocycles. The van der Waals surface area contributed by atoms with Gasteiger partial charge in [0.15, 0.2) is 0 Å². The first-order valence-corrected chi connectivity index (χ1v) is 8.09. The van der Waals surface area contributed by atoms with Crippen molar-refractivity contribution in [2.45, 2.75) is 39.4 Å². The summed E-state index contributed by atoms with van der Waals surface area (Å²) in [6, 6.07) is 6.69. The Morgan fingerprint density at radius 3 is 2.20 bits per heavy atom. The number of carbonyl (C=O) groups excluding carboxylic acids is 2. The molecule has 0 spiro atoms. The van der Waals surface area contributed by atoms with Crippen LogP contribution in [0.5, 0.6) is 0 Å². The van der Waals surface area contributed by atoms with Gasteiger partial charge in [0.2, 0.25) is 5.91 Å². The van der Waals surface area contributed by atoms with Gasteiger partial charge in [-0.1, -0.05) is 45.0 Å². The van der Waals surface area contributed by atoms with Crippen LogP contribution in [0.15, 0.2) is 24.3 Å². The van der Waals surface area contributed by atoms with Crippen molar-refractivity contribution in [2.24, 2.45) is 5.92 Å². The number of aryl methyl sites for hydroxylation is 1. The Morgan fingerprint density at radius 2 is 1.72 bits per heavy atom. The number of hydrogen-bond donors (Lipinski definition) is 3. The van der Waals surface area contributed by atoms with Gasteiger partial charge < -0.3 is 10.6 Å². The molecule has 0 unspecified atom stereocenters. The molecule has 0 heterocycles. The second-order valence-electron chi connectivity index (χ2n) is 6.04. The molecule has 0 aliphatic heterocycles. The quantitative estimate of drug-likeness (QED) is 0.701. The Kier molecular flexibility index (Phi) is 7.89. The van der Waals surface area contributed by atoms with E-state index in [2.05, 4.69) is 12.2 Å². The molecule has 25 heavy (non-hydrogen) atoms. The number of rotatable bonds is 7. The van der Waals surface area contributed by atoms with Gasteiger partial charge in [0.05, 0.1) is 6.54 Å². The van der Waals surface area contributed by atoms with Crippen LogP contribution in [-0.2, 0) is 11.2 Å². The van der Waals surface area contributed by atoms with E-state index in [1.165, 1.54) is 5.56 Å². The highest BCUT2D eigenvalue weighted by molar-refractivity contribution is 5.95. The van der Waals surface area contributed by atoms with Crippen molar-refractivity contribution in [3.8, 4) is 0 Å². The van der Waals surface area contributed by atoms with Crippen LogP contribution in [0.25, 0.3) is 0 Å². The smallest absolute Gasteiger partial charge is 0.329 e. The Bertz CT molecular complexity index is 571. The standard InChI is InChI=1S/C17H24F3N3O2/c1-4-12-5-7-13(8-6-12)15(11(2)3)21-9-14(24)23-16(25)22-10-17(18,19)20/h5-8,11,15,21H,4,9-10H2,1-3H3,(H2,22,23,24,25)/t15-/m0/s1. The molecule has 3 N–H and O–H groups in total. The minimum absolute atomic E-state index is 0.116. The van der Waals surface area contributed by atoms with Crippen molar-refractivity contribution in [1.82, 2.24) is 16.0 Å². The molecule has 0 saturated carbocycles. The van der Waals surface area contributed by atoms with Crippen molar-refractivity contribution in [1.29, 1.82) is 0 Å². The molecular weight excluding hydrogens is 335 g/mol. The molecule has 0 radical (unpaired) electrons. The van der Waals surface area contributed by atoms with Crippen LogP contribution in [0.3, 0.4) is 0 Å². The molecule has 5 nitrogen and oxygen atoms in total. The van der Waals surface area contributed by atoms with Gasteiger partial charge in [-0.15, -0.1) is 0 Å². The van der Waals surface area contributed by atoms with Crippen LogP contribution < -0.4 is 16.0 Å². The zero-order valence-corrected chi connectivity index (χ0v) is 14.5. The van der Waals surface area contributed by atoms with Gasteiger partial charge in [0.1, 0.15) is 6.54 Å². The van der Waals surface area contributed by atoms with Crippen molar-refractivity contribution in [2.75, 3.05) is 13.1 Å². The maximum atomic E-state index is 12.0. The maximum absolute atomic E-state index is 12.0. The fourth-order valence-corrected chi connectivity index (χ4v) is 2.30. The summed E-state index contributed by atoms with van der Waals surface area (Å²) in [5, 5.41) is 6.49. The lowest BCUT2D eigenvalue weighted by Crippen LogP contribution is -2.46. The monoisotopic (exact) mass is 359 g/mol. The predicted molar refractivity (Wildman–Crippen MR) is 89.0 cm³/mol. The molecule has 1 aromatic rings. The van der Waals surface area contributed by atoms with Crippen molar-refractivity contribution in [3.05, 3.63) is 35.4 Å². The number of urea groups is 1. The van der Waals surface area contributed by atoms with E-state index < -0.39 is 24.7 Å². The Balaban J connectivity index is 2.53. The number of halogens is 3. The van der Waals surface area contributed by atoms with Crippen LogP contribution in [0.2, 0.25) is 0 Å². The summed E-state index contributed by atoms with van der Waals surface area (Å²) < 4.78 is 36.0. The SMILES string of the molecule is CCc1ccc([C@@H](NCC(=O)NC(=O)NCC(F)(F)F)C(C)C)cc1. The molecule has 8 heteroatoms. The highest BCUT2D eigenvalue weighted by Gasteiger charge is 2.28. The van der Waals surface area contributed by atoms with Crippen molar-refractivity contribution < 1.29 is 22.8 Å². The van der Waals surface area contributed by atoms with Crippen LogP contribution >= 0.6 is 0 Å². The molecular formula is C17H24F3N3O2. The van der Waals surface area contributed by atoms with Crippen molar-refractivity contribution >= 4 is 11.9 Å². The average Bonchev–Trinajstić information content (AvgIpc) is 2.52. The number of amides is 3. The Labute approximate surface area is 145 Å². The lowest BCUT2D eigenvalue weighted by atomic mass is 9.95. The van der Waals surface area contributed by atoms with Crippen molar-refractivity contribution in [3.63, 3.8) is 0 Å². The summed E-state index contributed by atoms with van der Waals surface area (Å²) in [6.45, 7) is 4.36. The topological polar surface area (TPSA) is 70.2 Å². The molecule has 1 aromatic carbocycles. The first-order chi connectivity index (χ1) is 11.6. The summed E-state index contributed by atoms with van der Waals surface area (Å²) in [5.41, 5.74) is 2.20. The van der Waals surface area contributed by atoms with Gasteiger partial charge in [-0.25, -0.2) is 4.79 Å². The molecule has 1 atom stereocenters. The fraction of sp³-hybridized carbons (Fsp3) is 0.529. The van der Waals surface area contributed by atoms with Crippen LogP contribution in [-0.4, -0.2) is 31.2 Å². The second-order valence-corrected chi connectivity index (χ2v) is 6.04. The summed E-state index contributed by atoms with van der Waals surface area (Å²) in [6.07, 6.45) is -3.60. The van der Waals surface area contributed by atoms with Crippen LogP contribution in [0.1, 0.15) is 37.9 Å². The molecule has 0 bridgehead atoms. The first-order valence-electron chi connectivity index (χ1n) is 8.09. The lowest BCUT2D eigenvalue weighted by Gasteiger charge is -2.23. The molecule has 3 amide bonds. The molecule has 140 valence electrons. The Hall–Kier alpha value is -2.09. The second kappa shape index (κ2) is 9.41. The van der Waals surface area contributed by atoms with Crippen LogP contribution in [0.4, 0.5) is 18.0 Å². The third kappa shape index (κ3) is 8.02. The predicted octanol–water partition coefficient (Wildman–Crippen LogP) is 2.92. The number of nitrogens with one attached hydrogen (secondary N) is 3. The van der Waals surface area contributed by atoms with E-state index in [0.717, 1.165) is 12.0 Å². The molecule has 0 aliphatic carbocycles. The summed E-state index contributed by atoms with van der Waals surface area (Å²) in [7, 11) is 0. The Morgan fingerprint density at radius 1 is 1.12 bits per heavy atom. The minimum Gasteiger partial charge on any atom is -0.329 e. The van der Waals surface area contributed by atoms with E-state index in [1.807, 2.05) is 43.4 Å². The highest BCUT2D eigenvalue weighted by atomic mass is 19.4. The minimum atomic E-state index is -4.52. The maximum Gasteiger partial charge on any atom is 0.405 e. The van der Waals surface area contributed by atoms with Gasteiger partial charge >= 0.3 is 12.2 Å². The van der Waals surface area contributed by atoms with E-state index in [9.17, 15) is 22.8 Å². The first kappa shape index (κ1) is 21.0. The van der Waals surface area contributed by atoms with E-state index >= 15 is 0 Å². The van der Waals surface area contributed by atoms with E-state index in [-0.39, 0.29) is 18.5 Å². The van der Waals surface area contributed by atoms with E-state index in [4.69, 9.17) is 0 Å². The summed E-state index contributed by atoms with van der Waals surface area (Å²) in [5.74, 6) is -0.519. The molecule has 1 rings (SSSR count).